The van der Waals surface area contributed by atoms with Crippen LogP contribution in [0.1, 0.15) is 42.6 Å². The molecule has 17 heavy (non-hydrogen) atoms. The first-order chi connectivity index (χ1) is 8.08. The van der Waals surface area contributed by atoms with Crippen molar-refractivity contribution in [1.82, 2.24) is 0 Å². The average Bonchev–Trinajstić information content (AvgIpc) is 2.34. The van der Waals surface area contributed by atoms with Crippen molar-refractivity contribution >= 4 is 17.3 Å². The number of carboxylic acids is 1. The van der Waals surface area contributed by atoms with E-state index in [1.54, 1.807) is 18.2 Å². The maximum atomic E-state index is 11.6. The summed E-state index contributed by atoms with van der Waals surface area (Å²) < 4.78 is 0. The lowest BCUT2D eigenvalue weighted by molar-refractivity contribution is -0.131. The highest BCUT2D eigenvalue weighted by Gasteiger charge is 2.06. The summed E-state index contributed by atoms with van der Waals surface area (Å²) in [6, 6.07) is 7.11. The quantitative estimate of drug-likeness (QED) is 0.626. The van der Waals surface area contributed by atoms with Gasteiger partial charge in [-0.25, -0.2) is 4.79 Å². The molecule has 0 fully saturated rings. The van der Waals surface area contributed by atoms with Gasteiger partial charge in [-0.1, -0.05) is 32.0 Å². The minimum atomic E-state index is -0.964. The average molecular weight is 232 g/mol. The van der Waals surface area contributed by atoms with E-state index in [4.69, 9.17) is 5.11 Å². The maximum Gasteiger partial charge on any atom is 0.328 e. The van der Waals surface area contributed by atoms with Crippen LogP contribution in [0.25, 0.3) is 5.57 Å². The van der Waals surface area contributed by atoms with Crippen molar-refractivity contribution in [1.29, 1.82) is 0 Å². The largest absolute Gasteiger partial charge is 0.478 e. The smallest absolute Gasteiger partial charge is 0.328 e. The lowest BCUT2D eigenvalue weighted by atomic mass is 9.99. The first-order valence-corrected chi connectivity index (χ1v) is 5.65. The van der Waals surface area contributed by atoms with E-state index in [1.165, 1.54) is 6.08 Å². The Morgan fingerprint density at radius 3 is 2.35 bits per heavy atom. The molecule has 90 valence electrons. The molecule has 0 aliphatic rings. The molecule has 0 heterocycles. The van der Waals surface area contributed by atoms with E-state index in [-0.39, 0.29) is 5.78 Å². The summed E-state index contributed by atoms with van der Waals surface area (Å²) in [5.74, 6) is -0.897. The molecule has 0 radical (unpaired) electrons. The van der Waals surface area contributed by atoms with Crippen molar-refractivity contribution < 1.29 is 14.7 Å². The Balaban J connectivity index is 3.14. The molecule has 0 amide bonds. The SMILES string of the molecule is CCC(=O)c1cccc(/C(=C/C(=O)O)CC)c1. The van der Waals surface area contributed by atoms with Crippen molar-refractivity contribution in [2.24, 2.45) is 0 Å². The van der Waals surface area contributed by atoms with Crippen LogP contribution in [0, 0.1) is 0 Å². The van der Waals surface area contributed by atoms with Gasteiger partial charge in [0.25, 0.3) is 0 Å². The molecule has 1 N–H and O–H groups in total. The van der Waals surface area contributed by atoms with E-state index < -0.39 is 5.97 Å². The van der Waals surface area contributed by atoms with Gasteiger partial charge in [-0.3, -0.25) is 4.79 Å². The molecule has 0 spiro atoms. The highest BCUT2D eigenvalue weighted by molar-refractivity contribution is 5.97. The van der Waals surface area contributed by atoms with E-state index in [1.807, 2.05) is 19.9 Å². The molecule has 1 rings (SSSR count). The van der Waals surface area contributed by atoms with Crippen LogP contribution >= 0.6 is 0 Å². The van der Waals surface area contributed by atoms with E-state index in [0.29, 0.717) is 18.4 Å². The van der Waals surface area contributed by atoms with Gasteiger partial charge in [0.1, 0.15) is 0 Å². The molecule has 3 heteroatoms. The van der Waals surface area contributed by atoms with Crippen molar-refractivity contribution in [3.8, 4) is 0 Å². The van der Waals surface area contributed by atoms with Gasteiger partial charge in [-0.05, 0) is 23.6 Å². The highest BCUT2D eigenvalue weighted by Crippen LogP contribution is 2.19. The fourth-order valence-corrected chi connectivity index (χ4v) is 1.64. The third-order valence-electron chi connectivity index (χ3n) is 2.56. The second kappa shape index (κ2) is 5.99. The third kappa shape index (κ3) is 3.55. The van der Waals surface area contributed by atoms with Crippen LogP contribution in [0.5, 0.6) is 0 Å². The second-order valence-corrected chi connectivity index (χ2v) is 3.72. The monoisotopic (exact) mass is 232 g/mol. The standard InChI is InChI=1S/C14H16O3/c1-3-10(9-14(16)17)11-6-5-7-12(8-11)13(15)4-2/h5-9H,3-4H2,1-2H3,(H,16,17)/b10-9+. The molecule has 1 aromatic carbocycles. The number of benzene rings is 1. The Morgan fingerprint density at radius 2 is 1.82 bits per heavy atom. The predicted molar refractivity (Wildman–Crippen MR) is 67.0 cm³/mol. The van der Waals surface area contributed by atoms with Crippen LogP contribution < -0.4 is 0 Å². The summed E-state index contributed by atoms with van der Waals surface area (Å²) in [6.45, 7) is 3.70. The van der Waals surface area contributed by atoms with E-state index in [2.05, 4.69) is 0 Å². The highest BCUT2D eigenvalue weighted by atomic mass is 16.4. The van der Waals surface area contributed by atoms with Gasteiger partial charge in [0, 0.05) is 18.1 Å². The van der Waals surface area contributed by atoms with Crippen LogP contribution in [0.4, 0.5) is 0 Å². The predicted octanol–water partition coefficient (Wildman–Crippen LogP) is 3.16. The first kappa shape index (κ1) is 13.2. The molecule has 0 bridgehead atoms. The van der Waals surface area contributed by atoms with Gasteiger partial charge in [0.15, 0.2) is 5.78 Å². The van der Waals surface area contributed by atoms with Crippen LogP contribution in [-0.4, -0.2) is 16.9 Å². The molecule has 0 atom stereocenters. The van der Waals surface area contributed by atoms with Gasteiger partial charge >= 0.3 is 5.97 Å². The molecule has 0 unspecified atom stereocenters. The number of carbonyl (C=O) groups excluding carboxylic acids is 1. The number of Topliss-reactive ketones (excluding diaryl/α,β-unsaturated/α-hetero) is 1. The lowest BCUT2D eigenvalue weighted by Crippen LogP contribution is -1.98. The topological polar surface area (TPSA) is 54.4 Å². The second-order valence-electron chi connectivity index (χ2n) is 3.72. The van der Waals surface area contributed by atoms with Crippen molar-refractivity contribution in [3.63, 3.8) is 0 Å². The van der Waals surface area contributed by atoms with E-state index >= 15 is 0 Å². The number of hydrogen-bond acceptors (Lipinski definition) is 2. The van der Waals surface area contributed by atoms with Gasteiger partial charge in [-0.2, -0.15) is 0 Å². The Kier molecular flexibility index (Phi) is 4.64. The van der Waals surface area contributed by atoms with Crippen LogP contribution in [0.15, 0.2) is 30.3 Å². The van der Waals surface area contributed by atoms with Crippen molar-refractivity contribution in [3.05, 3.63) is 41.5 Å². The Labute approximate surface area is 101 Å². The van der Waals surface area contributed by atoms with E-state index in [0.717, 1.165) is 11.1 Å². The summed E-state index contributed by atoms with van der Waals surface area (Å²) >= 11 is 0. The molecule has 0 saturated heterocycles. The number of allylic oxidation sites excluding steroid dienone is 1. The maximum absolute atomic E-state index is 11.6. The van der Waals surface area contributed by atoms with Gasteiger partial charge in [-0.15, -0.1) is 0 Å². The van der Waals surface area contributed by atoms with Crippen LogP contribution in [0.2, 0.25) is 0 Å². The van der Waals surface area contributed by atoms with Crippen LogP contribution in [0.3, 0.4) is 0 Å². The summed E-state index contributed by atoms with van der Waals surface area (Å²) in [4.78, 5) is 22.2. The number of aliphatic carboxylic acids is 1. The van der Waals surface area contributed by atoms with Crippen molar-refractivity contribution in [2.45, 2.75) is 26.7 Å². The zero-order valence-corrected chi connectivity index (χ0v) is 10.1. The molecular weight excluding hydrogens is 216 g/mol. The minimum absolute atomic E-state index is 0.0672. The van der Waals surface area contributed by atoms with E-state index in [9.17, 15) is 9.59 Å². The number of ketones is 1. The zero-order valence-electron chi connectivity index (χ0n) is 10.1. The summed E-state index contributed by atoms with van der Waals surface area (Å²) in [6.07, 6.45) is 2.26. The number of carboxylic acid groups (broad SMARTS) is 1. The fraction of sp³-hybridized carbons (Fsp3) is 0.286. The number of carbonyl (C=O) groups is 2. The normalized spacial score (nSPS) is 11.3. The molecule has 1 aromatic rings. The minimum Gasteiger partial charge on any atom is -0.478 e. The molecule has 0 aromatic heterocycles. The zero-order chi connectivity index (χ0) is 12.8. The molecule has 0 aliphatic carbocycles. The Morgan fingerprint density at radius 1 is 1.18 bits per heavy atom. The number of hydrogen-bond donors (Lipinski definition) is 1. The van der Waals surface area contributed by atoms with Gasteiger partial charge in [0.05, 0.1) is 0 Å². The first-order valence-electron chi connectivity index (χ1n) is 5.65. The molecule has 0 saturated carbocycles. The molecule has 0 aliphatic heterocycles. The van der Waals surface area contributed by atoms with Crippen LogP contribution in [-0.2, 0) is 4.79 Å². The fourth-order valence-electron chi connectivity index (χ4n) is 1.64. The number of rotatable bonds is 5. The Hall–Kier alpha value is -1.90. The summed E-state index contributed by atoms with van der Waals surface area (Å²) in [7, 11) is 0. The summed E-state index contributed by atoms with van der Waals surface area (Å²) in [5.41, 5.74) is 2.16. The third-order valence-corrected chi connectivity index (χ3v) is 2.56. The lowest BCUT2D eigenvalue weighted by Gasteiger charge is -2.06. The van der Waals surface area contributed by atoms with Crippen molar-refractivity contribution in [2.75, 3.05) is 0 Å². The molecule has 3 nitrogen and oxygen atoms in total. The van der Waals surface area contributed by atoms with Gasteiger partial charge < -0.3 is 5.11 Å². The summed E-state index contributed by atoms with van der Waals surface area (Å²) in [5, 5.41) is 8.76. The Bertz CT molecular complexity index is 458. The molecular formula is C14H16O3. The van der Waals surface area contributed by atoms with Gasteiger partial charge in [0.2, 0.25) is 0 Å².